The summed E-state index contributed by atoms with van der Waals surface area (Å²) in [5.41, 5.74) is 0. The predicted octanol–water partition coefficient (Wildman–Crippen LogP) is 2.15. The first kappa shape index (κ1) is 17.9. The molecule has 1 aliphatic rings. The molecule has 2 rings (SSSR count). The van der Waals surface area contributed by atoms with Crippen LogP contribution >= 0.6 is 11.3 Å². The molecule has 0 aliphatic carbocycles. The van der Waals surface area contributed by atoms with Gasteiger partial charge in [0.1, 0.15) is 0 Å². The van der Waals surface area contributed by atoms with E-state index in [1.165, 1.54) is 11.3 Å². The van der Waals surface area contributed by atoms with Gasteiger partial charge in [-0.15, -0.1) is 11.3 Å². The van der Waals surface area contributed by atoms with Gasteiger partial charge in [0.15, 0.2) is 0 Å². The molecule has 1 saturated heterocycles. The lowest BCUT2D eigenvalue weighted by molar-refractivity contribution is -0.133. The van der Waals surface area contributed by atoms with Crippen molar-refractivity contribution < 1.29 is 9.59 Å². The van der Waals surface area contributed by atoms with Gasteiger partial charge in [0, 0.05) is 45.7 Å². The van der Waals surface area contributed by atoms with Crippen LogP contribution in [0.2, 0.25) is 0 Å². The van der Waals surface area contributed by atoms with Crippen LogP contribution in [-0.4, -0.2) is 72.3 Å². The van der Waals surface area contributed by atoms with Gasteiger partial charge in [-0.05, 0) is 24.4 Å². The van der Waals surface area contributed by atoms with Crippen LogP contribution in [0.3, 0.4) is 0 Å². The lowest BCUT2D eigenvalue weighted by Gasteiger charge is -2.34. The molecule has 0 spiro atoms. The minimum atomic E-state index is 0.0467. The first-order valence-electron chi connectivity index (χ1n) is 8.48. The van der Waals surface area contributed by atoms with Gasteiger partial charge in [0.05, 0.1) is 4.88 Å². The highest BCUT2D eigenvalue weighted by molar-refractivity contribution is 7.12. The van der Waals surface area contributed by atoms with Crippen molar-refractivity contribution in [3.05, 3.63) is 22.4 Å². The highest BCUT2D eigenvalue weighted by Crippen LogP contribution is 2.13. The Morgan fingerprint density at radius 2 is 1.91 bits per heavy atom. The maximum atomic E-state index is 12.5. The third kappa shape index (κ3) is 5.04. The van der Waals surface area contributed by atoms with Crippen molar-refractivity contribution in [3.63, 3.8) is 0 Å². The van der Waals surface area contributed by atoms with Gasteiger partial charge in [0.25, 0.3) is 5.91 Å². The van der Waals surface area contributed by atoms with E-state index in [0.29, 0.717) is 19.5 Å². The summed E-state index contributed by atoms with van der Waals surface area (Å²) in [5.74, 6) is 0.214. The van der Waals surface area contributed by atoms with Crippen molar-refractivity contribution in [1.82, 2.24) is 14.7 Å². The molecule has 0 saturated carbocycles. The standard InChI is InChI=1S/C17H27N3O2S/c1-3-8-20(17(22)15-6-5-14-23-15)9-7-16(21)19-12-10-18(4-2)11-13-19/h5-6,14H,3-4,7-13H2,1-2H3. The fraction of sp³-hybridized carbons (Fsp3) is 0.647. The van der Waals surface area contributed by atoms with Gasteiger partial charge in [-0.1, -0.05) is 19.9 Å². The summed E-state index contributed by atoms with van der Waals surface area (Å²) in [6, 6.07) is 3.74. The summed E-state index contributed by atoms with van der Waals surface area (Å²) < 4.78 is 0. The molecular formula is C17H27N3O2S. The van der Waals surface area contributed by atoms with Crippen LogP contribution in [0, 0.1) is 0 Å². The molecule has 0 aromatic carbocycles. The molecule has 1 aromatic heterocycles. The number of amides is 2. The SMILES string of the molecule is CCCN(CCC(=O)N1CCN(CC)CC1)C(=O)c1cccs1. The van der Waals surface area contributed by atoms with Crippen molar-refractivity contribution in [1.29, 1.82) is 0 Å². The minimum absolute atomic E-state index is 0.0467. The topological polar surface area (TPSA) is 43.9 Å². The molecule has 2 amide bonds. The molecule has 0 atom stereocenters. The summed E-state index contributed by atoms with van der Waals surface area (Å²) >= 11 is 1.46. The van der Waals surface area contributed by atoms with Crippen LogP contribution in [0.15, 0.2) is 17.5 Å². The highest BCUT2D eigenvalue weighted by atomic mass is 32.1. The second-order valence-corrected chi connectivity index (χ2v) is 6.78. The lowest BCUT2D eigenvalue weighted by atomic mass is 10.2. The summed E-state index contributed by atoms with van der Waals surface area (Å²) in [5, 5.41) is 1.91. The second kappa shape index (κ2) is 9.03. The van der Waals surface area contributed by atoms with E-state index in [-0.39, 0.29) is 11.8 Å². The van der Waals surface area contributed by atoms with E-state index in [1.54, 1.807) is 0 Å². The molecule has 23 heavy (non-hydrogen) atoms. The molecule has 0 bridgehead atoms. The van der Waals surface area contributed by atoms with E-state index >= 15 is 0 Å². The van der Waals surface area contributed by atoms with Gasteiger partial charge in [-0.3, -0.25) is 9.59 Å². The van der Waals surface area contributed by atoms with E-state index < -0.39 is 0 Å². The zero-order valence-corrected chi connectivity index (χ0v) is 15.0. The largest absolute Gasteiger partial charge is 0.340 e. The smallest absolute Gasteiger partial charge is 0.263 e. The van der Waals surface area contributed by atoms with Crippen LogP contribution in [0.1, 0.15) is 36.4 Å². The molecule has 2 heterocycles. The third-order valence-electron chi connectivity index (χ3n) is 4.28. The maximum absolute atomic E-state index is 12.5. The summed E-state index contributed by atoms with van der Waals surface area (Å²) in [7, 11) is 0. The molecule has 128 valence electrons. The van der Waals surface area contributed by atoms with Crippen LogP contribution in [0.4, 0.5) is 0 Å². The first-order valence-corrected chi connectivity index (χ1v) is 9.36. The monoisotopic (exact) mass is 337 g/mol. The zero-order valence-electron chi connectivity index (χ0n) is 14.2. The number of rotatable bonds is 7. The Bertz CT molecular complexity index is 496. The Balaban J connectivity index is 1.84. The number of likely N-dealkylation sites (N-methyl/N-ethyl adjacent to an activating group) is 1. The maximum Gasteiger partial charge on any atom is 0.263 e. The Labute approximate surface area is 142 Å². The number of piperazine rings is 1. The Morgan fingerprint density at radius 1 is 1.17 bits per heavy atom. The second-order valence-electron chi connectivity index (χ2n) is 5.83. The van der Waals surface area contributed by atoms with E-state index in [9.17, 15) is 9.59 Å². The van der Waals surface area contributed by atoms with E-state index in [0.717, 1.165) is 44.0 Å². The number of nitrogens with zero attached hydrogens (tertiary/aromatic N) is 3. The molecule has 1 aliphatic heterocycles. The molecule has 6 heteroatoms. The van der Waals surface area contributed by atoms with Crippen molar-refractivity contribution in [2.45, 2.75) is 26.7 Å². The predicted molar refractivity (Wildman–Crippen MR) is 93.8 cm³/mol. The van der Waals surface area contributed by atoms with Gasteiger partial charge < -0.3 is 14.7 Å². The van der Waals surface area contributed by atoms with Crippen molar-refractivity contribution in [2.75, 3.05) is 45.8 Å². The number of carbonyl (C=O) groups is 2. The van der Waals surface area contributed by atoms with Crippen molar-refractivity contribution in [3.8, 4) is 0 Å². The normalized spacial score (nSPS) is 15.7. The first-order chi connectivity index (χ1) is 11.2. The average Bonchev–Trinajstić information content (AvgIpc) is 3.12. The fourth-order valence-electron chi connectivity index (χ4n) is 2.84. The van der Waals surface area contributed by atoms with Gasteiger partial charge in [0.2, 0.25) is 5.91 Å². The Morgan fingerprint density at radius 3 is 2.48 bits per heavy atom. The molecule has 1 fully saturated rings. The van der Waals surface area contributed by atoms with Crippen LogP contribution in [-0.2, 0) is 4.79 Å². The van der Waals surface area contributed by atoms with Crippen molar-refractivity contribution >= 4 is 23.2 Å². The van der Waals surface area contributed by atoms with E-state index in [2.05, 4.69) is 18.7 Å². The number of thiophene rings is 1. The number of hydrogen-bond donors (Lipinski definition) is 0. The van der Waals surface area contributed by atoms with Crippen LogP contribution < -0.4 is 0 Å². The molecule has 0 unspecified atom stereocenters. The summed E-state index contributed by atoms with van der Waals surface area (Å²) in [6.45, 7) is 9.98. The van der Waals surface area contributed by atoms with Crippen molar-refractivity contribution in [2.24, 2.45) is 0 Å². The summed E-state index contributed by atoms with van der Waals surface area (Å²) in [4.78, 5) is 31.7. The highest BCUT2D eigenvalue weighted by Gasteiger charge is 2.22. The molecule has 1 aromatic rings. The number of hydrogen-bond acceptors (Lipinski definition) is 4. The third-order valence-corrected chi connectivity index (χ3v) is 5.14. The van der Waals surface area contributed by atoms with Crippen LogP contribution in [0.25, 0.3) is 0 Å². The Kier molecular flexibility index (Phi) is 7.05. The Hall–Kier alpha value is -1.40. The van der Waals surface area contributed by atoms with E-state index in [1.807, 2.05) is 27.3 Å². The number of carbonyl (C=O) groups excluding carboxylic acids is 2. The molecule has 0 N–H and O–H groups in total. The van der Waals surface area contributed by atoms with E-state index in [4.69, 9.17) is 0 Å². The average molecular weight is 337 g/mol. The van der Waals surface area contributed by atoms with Gasteiger partial charge in [-0.25, -0.2) is 0 Å². The van der Waals surface area contributed by atoms with Crippen LogP contribution in [0.5, 0.6) is 0 Å². The molecule has 0 radical (unpaired) electrons. The molecule has 5 nitrogen and oxygen atoms in total. The molecular weight excluding hydrogens is 310 g/mol. The zero-order chi connectivity index (χ0) is 16.7. The summed E-state index contributed by atoms with van der Waals surface area (Å²) in [6.07, 6.45) is 1.32. The minimum Gasteiger partial charge on any atom is -0.340 e. The quantitative estimate of drug-likeness (QED) is 0.766. The van der Waals surface area contributed by atoms with Gasteiger partial charge in [-0.2, -0.15) is 0 Å². The van der Waals surface area contributed by atoms with Gasteiger partial charge >= 0.3 is 0 Å². The fourth-order valence-corrected chi connectivity index (χ4v) is 3.53. The lowest BCUT2D eigenvalue weighted by Crippen LogP contribution is -2.49.